The largest absolute Gasteiger partial charge is 0.478 e. The van der Waals surface area contributed by atoms with Gasteiger partial charge in [0.05, 0.1) is 23.5 Å². The van der Waals surface area contributed by atoms with Crippen LogP contribution in [0.15, 0.2) is 120 Å². The Morgan fingerprint density at radius 2 is 1.38 bits per heavy atom. The molecule has 32 heavy (non-hydrogen) atoms. The molecule has 0 radical (unpaired) electrons. The van der Waals surface area contributed by atoms with E-state index in [9.17, 15) is 9.59 Å². The first-order chi connectivity index (χ1) is 15.5. The number of aliphatic carboxylic acids is 2. The Morgan fingerprint density at radius 1 is 0.844 bits per heavy atom. The fourth-order valence-corrected chi connectivity index (χ4v) is 2.14. The van der Waals surface area contributed by atoms with E-state index in [0.717, 1.165) is 35.0 Å². The Bertz CT molecular complexity index is 1100. The van der Waals surface area contributed by atoms with Gasteiger partial charge in [-0.3, -0.25) is 0 Å². The van der Waals surface area contributed by atoms with Crippen LogP contribution in [-0.4, -0.2) is 22.2 Å². The van der Waals surface area contributed by atoms with Crippen LogP contribution in [0, 0.1) is 11.3 Å². The van der Waals surface area contributed by atoms with Crippen LogP contribution in [0.1, 0.15) is 5.56 Å². The van der Waals surface area contributed by atoms with Gasteiger partial charge in [0.25, 0.3) is 0 Å². The van der Waals surface area contributed by atoms with Crippen LogP contribution in [0.25, 0.3) is 11.1 Å². The van der Waals surface area contributed by atoms with Gasteiger partial charge in [-0.2, -0.15) is 15.5 Å². The van der Waals surface area contributed by atoms with Gasteiger partial charge in [0.15, 0.2) is 0 Å². The molecule has 0 atom stereocenters. The lowest BCUT2D eigenvalue weighted by atomic mass is 10.0. The number of azo groups is 1. The van der Waals surface area contributed by atoms with Gasteiger partial charge in [0, 0.05) is 12.2 Å². The standard InChI is InChI=1S/C13H9N.C9H8N2O2.C3H4O2/c14-10-12-8-4-5-9-13(12)11-6-2-1-3-7-11;12-9(13)6-7-10-11-8-4-2-1-3-5-8;1-2-3(4)5/h1-9H;1-7H,(H,12,13);2H,1H2,(H,4,5). The van der Waals surface area contributed by atoms with Crippen LogP contribution in [-0.2, 0) is 9.59 Å². The Balaban J connectivity index is 0.000000267. The normalized spacial score (nSPS) is 9.59. The van der Waals surface area contributed by atoms with E-state index in [1.165, 1.54) is 0 Å². The van der Waals surface area contributed by atoms with Crippen LogP contribution >= 0.6 is 0 Å². The highest BCUT2D eigenvalue weighted by Crippen LogP contribution is 2.22. The summed E-state index contributed by atoms with van der Waals surface area (Å²) in [6, 6.07) is 28.8. The van der Waals surface area contributed by atoms with Gasteiger partial charge in [-0.15, -0.1) is 0 Å². The molecule has 0 saturated heterocycles. The number of benzene rings is 3. The van der Waals surface area contributed by atoms with Crippen molar-refractivity contribution in [3.8, 4) is 17.2 Å². The van der Waals surface area contributed by atoms with E-state index in [4.69, 9.17) is 15.5 Å². The van der Waals surface area contributed by atoms with Gasteiger partial charge in [0.2, 0.25) is 0 Å². The van der Waals surface area contributed by atoms with Crippen molar-refractivity contribution in [2.24, 2.45) is 10.2 Å². The monoisotopic (exact) mass is 427 g/mol. The topological polar surface area (TPSA) is 123 Å². The first-order valence-corrected chi connectivity index (χ1v) is 9.23. The molecule has 0 aromatic heterocycles. The van der Waals surface area contributed by atoms with E-state index in [1.807, 2.05) is 72.8 Å². The molecule has 3 aromatic rings. The molecule has 7 nitrogen and oxygen atoms in total. The fourth-order valence-electron chi connectivity index (χ4n) is 2.14. The van der Waals surface area contributed by atoms with Crippen molar-refractivity contribution in [3.63, 3.8) is 0 Å². The zero-order valence-corrected chi connectivity index (χ0v) is 17.1. The lowest BCUT2D eigenvalue weighted by Crippen LogP contribution is -1.83. The highest BCUT2D eigenvalue weighted by atomic mass is 16.4. The quantitative estimate of drug-likeness (QED) is 0.390. The van der Waals surface area contributed by atoms with Crippen molar-refractivity contribution in [2.75, 3.05) is 0 Å². The Kier molecular flexibility index (Phi) is 11.9. The number of hydrogen-bond donors (Lipinski definition) is 2. The SMILES string of the molecule is C=CC(=O)O.N#Cc1ccccc1-c1ccccc1.O=C(O)C=CN=Nc1ccccc1. The molecule has 0 saturated carbocycles. The third-order valence-corrected chi connectivity index (χ3v) is 3.52. The van der Waals surface area contributed by atoms with Crippen molar-refractivity contribution >= 4 is 17.6 Å². The predicted octanol–water partition coefficient (Wildman–Crippen LogP) is 5.85. The molecule has 0 amide bonds. The van der Waals surface area contributed by atoms with Crippen LogP contribution in [0.5, 0.6) is 0 Å². The highest BCUT2D eigenvalue weighted by molar-refractivity contribution is 5.79. The van der Waals surface area contributed by atoms with E-state index in [0.29, 0.717) is 5.69 Å². The summed E-state index contributed by atoms with van der Waals surface area (Å²) in [5.41, 5.74) is 3.50. The molecule has 7 heteroatoms. The van der Waals surface area contributed by atoms with Gasteiger partial charge in [0.1, 0.15) is 0 Å². The third kappa shape index (κ3) is 10.6. The molecule has 0 aliphatic carbocycles. The first-order valence-electron chi connectivity index (χ1n) is 9.23. The molecular formula is C25H21N3O4. The van der Waals surface area contributed by atoms with Crippen molar-refractivity contribution in [3.05, 3.63) is 115 Å². The second-order valence-electron chi connectivity index (χ2n) is 5.77. The molecular weight excluding hydrogens is 406 g/mol. The molecule has 0 bridgehead atoms. The summed E-state index contributed by atoms with van der Waals surface area (Å²) in [5.74, 6) is -2.02. The maximum absolute atomic E-state index is 10.0. The summed E-state index contributed by atoms with van der Waals surface area (Å²) in [5, 5.41) is 32.1. The van der Waals surface area contributed by atoms with Gasteiger partial charge in [-0.25, -0.2) is 9.59 Å². The third-order valence-electron chi connectivity index (χ3n) is 3.52. The summed E-state index contributed by atoms with van der Waals surface area (Å²) in [6.45, 7) is 2.96. The number of carboxylic acids is 2. The van der Waals surface area contributed by atoms with Gasteiger partial charge >= 0.3 is 11.9 Å². The van der Waals surface area contributed by atoms with E-state index in [2.05, 4.69) is 22.9 Å². The average molecular weight is 427 g/mol. The van der Waals surface area contributed by atoms with Crippen LogP contribution in [0.2, 0.25) is 0 Å². The molecule has 160 valence electrons. The smallest absolute Gasteiger partial charge is 0.329 e. The highest BCUT2D eigenvalue weighted by Gasteiger charge is 2.01. The summed E-state index contributed by atoms with van der Waals surface area (Å²) in [6.07, 6.45) is 2.89. The summed E-state index contributed by atoms with van der Waals surface area (Å²) < 4.78 is 0. The lowest BCUT2D eigenvalue weighted by molar-refractivity contribution is -0.132. The van der Waals surface area contributed by atoms with E-state index >= 15 is 0 Å². The molecule has 3 aromatic carbocycles. The summed E-state index contributed by atoms with van der Waals surface area (Å²) in [4.78, 5) is 19.3. The zero-order chi connectivity index (χ0) is 23.6. The van der Waals surface area contributed by atoms with Crippen molar-refractivity contribution in [2.45, 2.75) is 0 Å². The van der Waals surface area contributed by atoms with Crippen molar-refractivity contribution in [1.82, 2.24) is 0 Å². The minimum atomic E-state index is -1.04. The van der Waals surface area contributed by atoms with E-state index in [1.54, 1.807) is 12.1 Å². The Morgan fingerprint density at radius 3 is 1.91 bits per heavy atom. The molecule has 0 aliphatic heterocycles. The number of carbonyl (C=O) groups is 2. The molecule has 3 rings (SSSR count). The number of rotatable bonds is 5. The minimum Gasteiger partial charge on any atom is -0.478 e. The second-order valence-corrected chi connectivity index (χ2v) is 5.77. The maximum atomic E-state index is 10.0. The number of hydrogen-bond acceptors (Lipinski definition) is 5. The zero-order valence-electron chi connectivity index (χ0n) is 17.1. The van der Waals surface area contributed by atoms with Crippen LogP contribution in [0.3, 0.4) is 0 Å². The second kappa shape index (κ2) is 15.1. The van der Waals surface area contributed by atoms with Crippen LogP contribution < -0.4 is 0 Å². The molecule has 0 heterocycles. The molecule has 0 unspecified atom stereocenters. The number of carboxylic acid groups (broad SMARTS) is 2. The van der Waals surface area contributed by atoms with E-state index < -0.39 is 11.9 Å². The van der Waals surface area contributed by atoms with Crippen molar-refractivity contribution < 1.29 is 19.8 Å². The number of nitriles is 1. The first kappa shape index (κ1) is 25.2. The molecule has 2 N–H and O–H groups in total. The maximum Gasteiger partial charge on any atom is 0.329 e. The predicted molar refractivity (Wildman–Crippen MR) is 122 cm³/mol. The fraction of sp³-hybridized carbons (Fsp3) is 0. The minimum absolute atomic E-state index is 0.692. The van der Waals surface area contributed by atoms with Crippen LogP contribution in [0.4, 0.5) is 5.69 Å². The van der Waals surface area contributed by atoms with Gasteiger partial charge < -0.3 is 10.2 Å². The Hall–Kier alpha value is -4.83. The average Bonchev–Trinajstić information content (AvgIpc) is 2.83. The summed E-state index contributed by atoms with van der Waals surface area (Å²) in [7, 11) is 0. The summed E-state index contributed by atoms with van der Waals surface area (Å²) >= 11 is 0. The van der Waals surface area contributed by atoms with Gasteiger partial charge in [-0.1, -0.05) is 73.3 Å². The lowest BCUT2D eigenvalue weighted by Gasteiger charge is -2.02. The Labute approximate surface area is 185 Å². The van der Waals surface area contributed by atoms with Crippen molar-refractivity contribution in [1.29, 1.82) is 5.26 Å². The molecule has 0 spiro atoms. The van der Waals surface area contributed by atoms with Gasteiger partial charge in [-0.05, 0) is 29.3 Å². The number of nitrogens with zero attached hydrogens (tertiary/aromatic N) is 3. The molecule has 0 fully saturated rings. The van der Waals surface area contributed by atoms with E-state index in [-0.39, 0.29) is 0 Å². The molecule has 0 aliphatic rings.